The molecule has 6 aliphatic heterocycles. The van der Waals surface area contributed by atoms with Crippen molar-refractivity contribution < 1.29 is 176 Å². The summed E-state index contributed by atoms with van der Waals surface area (Å²) in [6, 6.07) is 0. The van der Waals surface area contributed by atoms with Gasteiger partial charge in [-0.05, 0) is 0 Å². The zero-order chi connectivity index (χ0) is 60.8. The molecule has 0 bridgehead atoms. The number of aliphatic hydroxyl groups excluding tert-OH is 15. The summed E-state index contributed by atoms with van der Waals surface area (Å²) >= 11 is 0. The number of ether oxygens (including phenoxy) is 16. The first-order valence-electron chi connectivity index (χ1n) is 25.6. The van der Waals surface area contributed by atoms with E-state index in [9.17, 15) is 101 Å². The molecule has 0 saturated carbocycles. The highest BCUT2D eigenvalue weighted by atomic mass is 16.8. The van der Waals surface area contributed by atoms with Crippen molar-refractivity contribution in [3.8, 4) is 0 Å². The minimum Gasteiger partial charge on any atom is -0.457 e. The molecule has 82 heavy (non-hydrogen) atoms. The van der Waals surface area contributed by atoms with Crippen LogP contribution >= 0.6 is 0 Å². The van der Waals surface area contributed by atoms with Crippen LogP contribution in [0, 0.1) is 0 Å². The van der Waals surface area contributed by atoms with Crippen LogP contribution in [0.25, 0.3) is 0 Å². The van der Waals surface area contributed by atoms with Crippen LogP contribution in [-0.4, -0.2) is 330 Å². The van der Waals surface area contributed by atoms with E-state index in [2.05, 4.69) is 0 Å². The molecule has 0 aromatic rings. The predicted octanol–water partition coefficient (Wildman–Crippen LogP) is -11.2. The van der Waals surface area contributed by atoms with Gasteiger partial charge in [0, 0.05) is 34.6 Å². The lowest BCUT2D eigenvalue weighted by molar-refractivity contribution is -0.377. The second-order valence-corrected chi connectivity index (χ2v) is 19.8. The summed E-state index contributed by atoms with van der Waals surface area (Å²) in [5.41, 5.74) is 0. The largest absolute Gasteiger partial charge is 0.457 e. The maximum absolute atomic E-state index is 12.8. The van der Waals surface area contributed by atoms with Gasteiger partial charge in [0.05, 0.1) is 39.6 Å². The fraction of sp³-hybridized carbons (Fsp3) is 0.891. The Morgan fingerprint density at radius 1 is 0.293 bits per heavy atom. The van der Waals surface area contributed by atoms with Gasteiger partial charge in [0.1, 0.15) is 116 Å². The van der Waals surface area contributed by atoms with Gasteiger partial charge >= 0.3 is 29.8 Å². The smallest absolute Gasteiger partial charge is 0.303 e. The summed E-state index contributed by atoms with van der Waals surface area (Å²) in [4.78, 5) is 61.2. The minimum atomic E-state index is -2.23. The molecule has 15 N–H and O–H groups in total. The van der Waals surface area contributed by atoms with Gasteiger partial charge in [-0.3, -0.25) is 24.0 Å². The number of carbonyl (C=O) groups excluding carboxylic acids is 5. The molecule has 6 rings (SSSR count). The molecular weight excluding hydrogens is 1130 g/mol. The first-order valence-corrected chi connectivity index (χ1v) is 25.6. The first-order chi connectivity index (χ1) is 38.6. The Balaban J connectivity index is 1.29. The Labute approximate surface area is 464 Å². The van der Waals surface area contributed by atoms with Crippen molar-refractivity contribution in [1.82, 2.24) is 0 Å². The van der Waals surface area contributed by atoms with E-state index in [0.717, 1.165) is 34.6 Å². The molecule has 0 radical (unpaired) electrons. The van der Waals surface area contributed by atoms with Crippen molar-refractivity contribution in [1.29, 1.82) is 0 Å². The Bertz CT molecular complexity index is 2090. The van der Waals surface area contributed by atoms with E-state index in [1.807, 2.05) is 0 Å². The van der Waals surface area contributed by atoms with Crippen molar-refractivity contribution in [3.63, 3.8) is 0 Å². The maximum atomic E-state index is 12.8. The van der Waals surface area contributed by atoms with Crippen LogP contribution in [0.1, 0.15) is 34.6 Å². The Kier molecular flexibility index (Phi) is 24.3. The fourth-order valence-corrected chi connectivity index (χ4v) is 9.75. The molecule has 472 valence electrons. The third-order valence-electron chi connectivity index (χ3n) is 13.8. The van der Waals surface area contributed by atoms with Gasteiger partial charge in [0.25, 0.3) is 0 Å². The van der Waals surface area contributed by atoms with E-state index in [-0.39, 0.29) is 0 Å². The number of carbonyl (C=O) groups is 5. The van der Waals surface area contributed by atoms with E-state index in [1.54, 1.807) is 0 Å². The molecule has 6 heterocycles. The first kappa shape index (κ1) is 67.4. The molecule has 0 aliphatic carbocycles. The second kappa shape index (κ2) is 29.6. The van der Waals surface area contributed by atoms with Crippen LogP contribution in [0.4, 0.5) is 0 Å². The van der Waals surface area contributed by atoms with Crippen LogP contribution in [0.2, 0.25) is 0 Å². The highest BCUT2D eigenvalue weighted by Gasteiger charge is 2.58. The lowest BCUT2D eigenvalue weighted by Crippen LogP contribution is -2.67. The summed E-state index contributed by atoms with van der Waals surface area (Å²) in [5.74, 6) is -5.20. The lowest BCUT2D eigenvalue weighted by atomic mass is 9.96. The van der Waals surface area contributed by atoms with Gasteiger partial charge in [0.15, 0.2) is 68.3 Å². The van der Waals surface area contributed by atoms with Crippen molar-refractivity contribution in [3.05, 3.63) is 0 Å². The van der Waals surface area contributed by atoms with Crippen molar-refractivity contribution in [2.45, 2.75) is 219 Å². The zero-order valence-electron chi connectivity index (χ0n) is 44.3. The second-order valence-electron chi connectivity index (χ2n) is 19.8. The highest BCUT2D eigenvalue weighted by Crippen LogP contribution is 2.36. The minimum absolute atomic E-state index is 0.844. The van der Waals surface area contributed by atoms with Crippen molar-refractivity contribution in [2.75, 3.05) is 39.6 Å². The molecule has 0 unspecified atom stereocenters. The highest BCUT2D eigenvalue weighted by molar-refractivity contribution is 5.67. The number of aliphatic hydroxyl groups is 15. The molecule has 6 saturated heterocycles. The molecule has 6 fully saturated rings. The van der Waals surface area contributed by atoms with Gasteiger partial charge in [0.2, 0.25) is 0 Å². The third kappa shape index (κ3) is 15.8. The van der Waals surface area contributed by atoms with Gasteiger partial charge < -0.3 is 152 Å². The standard InChI is InChI=1S/C46H72O36/c1-12(50)70-34-18(7-48)77-43(31(63)28(34)60)68-10-22-26(58)38(82-44-32(64)29(61)35(71-13(2)51)19(8-49)78-44)40(74-16(5)54)46(80-22)69-11-21-24(56)36(72-14(3)52)33(65)45(79-21)81-37-25(57)20(75-41(66)39(37)73-15(4)53)9-67-42-30(62)27(59)23(55)17(6-47)76-42/h17-49,55-66H,6-11H2,1-5H3/t17-,18-,19-,20-,21-,22-,23-,24-,25-,26-,27+,28-,29-,30+,31+,32+,33+,34-,35-,36+,37+,38+,39+,40+,41+,42+,43+,44-,45-,46+/m1/s1. The van der Waals surface area contributed by atoms with Gasteiger partial charge in [-0.1, -0.05) is 0 Å². The summed E-state index contributed by atoms with van der Waals surface area (Å²) in [6.07, 6.45) is -58.2. The van der Waals surface area contributed by atoms with Crippen LogP contribution in [0.3, 0.4) is 0 Å². The van der Waals surface area contributed by atoms with Crippen molar-refractivity contribution in [2.24, 2.45) is 0 Å². The quantitative estimate of drug-likeness (QED) is 0.0375. The molecular formula is C46H72O36. The number of esters is 5. The monoisotopic (exact) mass is 1200 g/mol. The molecule has 36 nitrogen and oxygen atoms in total. The number of hydrogen-bond acceptors (Lipinski definition) is 36. The van der Waals surface area contributed by atoms with Gasteiger partial charge in [-0.15, -0.1) is 0 Å². The average Bonchev–Trinajstić information content (AvgIpc) is 3.46. The van der Waals surface area contributed by atoms with E-state index in [0.29, 0.717) is 0 Å². The van der Waals surface area contributed by atoms with E-state index >= 15 is 0 Å². The summed E-state index contributed by atoms with van der Waals surface area (Å²) in [7, 11) is 0. The average molecular weight is 1200 g/mol. The molecule has 0 aromatic heterocycles. The van der Waals surface area contributed by atoms with Gasteiger partial charge in [-0.25, -0.2) is 0 Å². The topological polar surface area (TPSA) is 536 Å². The van der Waals surface area contributed by atoms with Crippen molar-refractivity contribution >= 4 is 29.8 Å². The maximum Gasteiger partial charge on any atom is 0.303 e. The van der Waals surface area contributed by atoms with E-state index in [1.165, 1.54) is 0 Å². The normalized spacial score (nSPS) is 45.3. The van der Waals surface area contributed by atoms with E-state index in [4.69, 9.17) is 75.8 Å². The SMILES string of the molecule is CC(=O)O[C@@H]1[C@H](O)[C@@H](O[C@H]2[C@H](O)[C@@H](CO[C@H]3O[C@H](CO)[C@@H](O)[C@H](O)[C@@H]3O)O[C@H](O)[C@H]2OC(C)=O)O[C@H](CO[C@H]2O[C@H](CO[C@H]3O[C@H](CO)[C@@H](OC(C)=O)[C@H](O)[C@@H]3O)[C@@H](O)[C@H](O[C@H]3O[C@H](CO)[C@@H](OC(C)=O)[C@H](O)[C@@H]3O)[C@@H]2OC(C)=O)[C@H]1O. The predicted molar refractivity (Wildman–Crippen MR) is 247 cm³/mol. The molecule has 0 amide bonds. The summed E-state index contributed by atoms with van der Waals surface area (Å²) < 4.78 is 88.9. The third-order valence-corrected chi connectivity index (χ3v) is 13.8. The molecule has 36 heteroatoms. The molecule has 6 aliphatic rings. The van der Waals surface area contributed by atoms with E-state index < -0.39 is 254 Å². The number of rotatable bonds is 21. The van der Waals surface area contributed by atoms with Gasteiger partial charge in [-0.2, -0.15) is 0 Å². The fourth-order valence-electron chi connectivity index (χ4n) is 9.75. The number of hydrogen-bond donors (Lipinski definition) is 15. The molecule has 30 atom stereocenters. The zero-order valence-corrected chi connectivity index (χ0v) is 44.3. The van der Waals surface area contributed by atoms with Crippen LogP contribution in [0.5, 0.6) is 0 Å². The Hall–Kier alpha value is -3.69. The summed E-state index contributed by atoms with van der Waals surface area (Å²) in [5, 5.41) is 163. The Morgan fingerprint density at radius 2 is 0.610 bits per heavy atom. The molecule has 0 spiro atoms. The lowest BCUT2D eigenvalue weighted by Gasteiger charge is -2.48. The Morgan fingerprint density at radius 3 is 1.07 bits per heavy atom. The summed E-state index contributed by atoms with van der Waals surface area (Å²) in [6.45, 7) is -0.923. The van der Waals surface area contributed by atoms with Crippen LogP contribution in [-0.2, 0) is 99.8 Å². The van der Waals surface area contributed by atoms with Crippen LogP contribution < -0.4 is 0 Å². The molecule has 0 aromatic carbocycles. The van der Waals surface area contributed by atoms with Crippen LogP contribution in [0.15, 0.2) is 0 Å².